The van der Waals surface area contributed by atoms with E-state index in [0.717, 1.165) is 0 Å². The topological polar surface area (TPSA) is 230 Å². The molecule has 0 heterocycles. The van der Waals surface area contributed by atoms with Crippen LogP contribution < -0.4 is 11.5 Å². The summed E-state index contributed by atoms with van der Waals surface area (Å²) in [7, 11) is 0. The van der Waals surface area contributed by atoms with E-state index in [9.17, 15) is 33.6 Å². The smallest absolute Gasteiger partial charge is 0.360 e. The highest BCUT2D eigenvalue weighted by Crippen LogP contribution is 2.31. The Balaban J connectivity index is 6.80. The number of rotatable bonds is 18. The normalized spacial score (nSPS) is 15.9. The molecule has 0 saturated heterocycles. The molecule has 0 spiro atoms. The highest BCUT2D eigenvalue weighted by Gasteiger charge is 2.70. The Kier molecular flexibility index (Phi) is 13.0. The third-order valence-corrected chi connectivity index (χ3v) is 4.79. The van der Waals surface area contributed by atoms with Crippen LogP contribution >= 0.6 is 0 Å². The molecule has 6 N–H and O–H groups in total. The molecule has 15 heteroatoms. The molecular formula is C21H30F2N2O11. The fourth-order valence-corrected chi connectivity index (χ4v) is 2.74. The van der Waals surface area contributed by atoms with Crippen LogP contribution in [0.5, 0.6) is 0 Å². The van der Waals surface area contributed by atoms with Crippen LogP contribution in [-0.4, -0.2) is 88.1 Å². The molecular weight excluding hydrogens is 494 g/mol. The molecule has 0 radical (unpaired) electrons. The van der Waals surface area contributed by atoms with Crippen molar-refractivity contribution in [2.45, 2.75) is 75.8 Å². The summed E-state index contributed by atoms with van der Waals surface area (Å²) in [6, 6.07) is -4.84. The van der Waals surface area contributed by atoms with Crippen LogP contribution in [0.2, 0.25) is 0 Å². The van der Waals surface area contributed by atoms with Gasteiger partial charge in [0.25, 0.3) is 0 Å². The second-order valence-electron chi connectivity index (χ2n) is 7.76. The van der Waals surface area contributed by atoms with E-state index < -0.39 is 90.7 Å². The van der Waals surface area contributed by atoms with E-state index in [1.807, 2.05) is 0 Å². The van der Waals surface area contributed by atoms with E-state index in [0.29, 0.717) is 12.8 Å². The Labute approximate surface area is 204 Å². The number of carboxylic acids is 2. The van der Waals surface area contributed by atoms with Gasteiger partial charge >= 0.3 is 35.2 Å². The quantitative estimate of drug-likeness (QED) is 0.0998. The molecule has 0 amide bonds. The van der Waals surface area contributed by atoms with Crippen LogP contribution in [0.1, 0.15) is 52.4 Å². The SMILES string of the molecule is CCCCOC(=O)C(F)(C(=O)[C@@H](N)CC(=O)O)C(=O)C(F)(C(=O)OCCCC)C(=O)[C@@H](N)CC(=O)O. The first-order chi connectivity index (χ1) is 16.6. The Morgan fingerprint density at radius 2 is 1.03 bits per heavy atom. The Morgan fingerprint density at radius 1 is 0.722 bits per heavy atom. The fourth-order valence-electron chi connectivity index (χ4n) is 2.74. The number of carbonyl (C=O) groups excluding carboxylic acids is 5. The van der Waals surface area contributed by atoms with Gasteiger partial charge in [0.1, 0.15) is 0 Å². The number of carboxylic acid groups (broad SMARTS) is 2. The van der Waals surface area contributed by atoms with Crippen molar-refractivity contribution in [2.75, 3.05) is 13.2 Å². The van der Waals surface area contributed by atoms with Crippen molar-refractivity contribution in [1.82, 2.24) is 0 Å². The number of unbranched alkanes of at least 4 members (excludes halogenated alkanes) is 2. The maximum Gasteiger partial charge on any atom is 0.360 e. The lowest BCUT2D eigenvalue weighted by Crippen LogP contribution is -2.68. The van der Waals surface area contributed by atoms with Crippen molar-refractivity contribution in [3.63, 3.8) is 0 Å². The molecule has 0 aromatic carbocycles. The van der Waals surface area contributed by atoms with Crippen molar-refractivity contribution >= 4 is 41.2 Å². The molecule has 0 aromatic rings. The van der Waals surface area contributed by atoms with Gasteiger partial charge in [0.15, 0.2) is 0 Å². The van der Waals surface area contributed by atoms with Crippen molar-refractivity contribution < 1.29 is 62.0 Å². The number of hydrogen-bond donors (Lipinski definition) is 4. The summed E-state index contributed by atoms with van der Waals surface area (Å²) in [5.41, 5.74) is 1.04. The summed E-state index contributed by atoms with van der Waals surface area (Å²) in [5, 5.41) is 17.7. The number of hydrogen-bond acceptors (Lipinski definition) is 11. The minimum atomic E-state index is -4.78. The molecule has 0 aliphatic rings. The van der Waals surface area contributed by atoms with E-state index in [-0.39, 0.29) is 12.8 Å². The predicted molar refractivity (Wildman–Crippen MR) is 115 cm³/mol. The number of ether oxygens (including phenoxy) is 2. The average molecular weight is 524 g/mol. The Bertz CT molecular complexity index is 814. The van der Waals surface area contributed by atoms with Crippen LogP contribution in [0, 0.1) is 0 Å². The van der Waals surface area contributed by atoms with Gasteiger partial charge in [-0.15, -0.1) is 0 Å². The van der Waals surface area contributed by atoms with Gasteiger partial charge in [0, 0.05) is 0 Å². The molecule has 0 saturated carbocycles. The third kappa shape index (κ3) is 7.84. The molecule has 0 aromatic heterocycles. The minimum absolute atomic E-state index is 0.0909. The van der Waals surface area contributed by atoms with Gasteiger partial charge in [-0.25, -0.2) is 18.4 Å². The third-order valence-electron chi connectivity index (χ3n) is 4.79. The molecule has 13 nitrogen and oxygen atoms in total. The van der Waals surface area contributed by atoms with Gasteiger partial charge in [-0.1, -0.05) is 26.7 Å². The molecule has 204 valence electrons. The first-order valence-electron chi connectivity index (χ1n) is 10.9. The summed E-state index contributed by atoms with van der Waals surface area (Å²) in [6.07, 6.45) is -1.71. The zero-order valence-corrected chi connectivity index (χ0v) is 19.8. The molecule has 0 aliphatic carbocycles. The number of aliphatic carboxylic acids is 2. The van der Waals surface area contributed by atoms with Gasteiger partial charge in [-0.05, 0) is 12.8 Å². The first kappa shape index (κ1) is 32.7. The van der Waals surface area contributed by atoms with Crippen LogP contribution in [0.3, 0.4) is 0 Å². The molecule has 0 fully saturated rings. The van der Waals surface area contributed by atoms with Gasteiger partial charge < -0.3 is 31.2 Å². The Morgan fingerprint density at radius 3 is 1.28 bits per heavy atom. The van der Waals surface area contributed by atoms with Gasteiger partial charge in [0.2, 0.25) is 17.3 Å². The minimum Gasteiger partial charge on any atom is -0.481 e. The molecule has 0 rings (SSSR count). The van der Waals surface area contributed by atoms with E-state index >= 15 is 8.78 Å². The number of alkyl halides is 2. The van der Waals surface area contributed by atoms with Crippen molar-refractivity contribution in [3.8, 4) is 0 Å². The van der Waals surface area contributed by atoms with E-state index in [1.54, 1.807) is 13.8 Å². The number of nitrogens with two attached hydrogens (primary N) is 2. The lowest BCUT2D eigenvalue weighted by molar-refractivity contribution is -0.179. The zero-order valence-electron chi connectivity index (χ0n) is 19.8. The Hall–Kier alpha value is -3.33. The van der Waals surface area contributed by atoms with Crippen molar-refractivity contribution in [1.29, 1.82) is 0 Å². The number of halogens is 2. The molecule has 36 heavy (non-hydrogen) atoms. The van der Waals surface area contributed by atoms with Gasteiger partial charge in [-0.3, -0.25) is 24.0 Å². The average Bonchev–Trinajstić information content (AvgIpc) is 2.80. The van der Waals surface area contributed by atoms with Crippen LogP contribution in [0.25, 0.3) is 0 Å². The highest BCUT2D eigenvalue weighted by molar-refractivity contribution is 6.40. The molecule has 2 unspecified atom stereocenters. The monoisotopic (exact) mass is 524 g/mol. The molecule has 0 aliphatic heterocycles. The number of esters is 2. The second kappa shape index (κ2) is 14.3. The first-order valence-corrected chi connectivity index (χ1v) is 10.9. The van der Waals surface area contributed by atoms with Crippen LogP contribution in [-0.2, 0) is 43.0 Å². The van der Waals surface area contributed by atoms with Gasteiger partial charge in [0.05, 0.1) is 38.1 Å². The largest absolute Gasteiger partial charge is 0.481 e. The molecule has 4 atom stereocenters. The van der Waals surface area contributed by atoms with E-state index in [1.165, 1.54) is 0 Å². The number of Topliss-reactive ketones (excluding diaryl/α,β-unsaturated/α-hetero) is 3. The predicted octanol–water partition coefficient (Wildman–Crippen LogP) is -0.599. The van der Waals surface area contributed by atoms with Gasteiger partial charge in [-0.2, -0.15) is 0 Å². The van der Waals surface area contributed by atoms with Crippen LogP contribution in [0.15, 0.2) is 0 Å². The maximum atomic E-state index is 16.0. The van der Waals surface area contributed by atoms with E-state index in [4.69, 9.17) is 21.7 Å². The summed E-state index contributed by atoms with van der Waals surface area (Å²) in [5.74, 6) is -15.8. The lowest BCUT2D eigenvalue weighted by atomic mass is 9.78. The number of carbonyl (C=O) groups is 7. The molecule has 0 bridgehead atoms. The summed E-state index contributed by atoms with van der Waals surface area (Å²) >= 11 is 0. The van der Waals surface area contributed by atoms with Crippen molar-refractivity contribution in [3.05, 3.63) is 0 Å². The maximum absolute atomic E-state index is 16.0. The summed E-state index contributed by atoms with van der Waals surface area (Å²) in [4.78, 5) is 85.3. The van der Waals surface area contributed by atoms with Crippen molar-refractivity contribution in [2.24, 2.45) is 11.5 Å². The highest BCUT2D eigenvalue weighted by atomic mass is 19.2. The fraction of sp³-hybridized carbons (Fsp3) is 0.667. The van der Waals surface area contributed by atoms with Crippen LogP contribution in [0.4, 0.5) is 8.78 Å². The standard InChI is InChI=1S/C21H30F2N2O11/c1-3-5-7-35-18(33)20(22,15(30)11(24)9-13(26)27)17(32)21(23,19(34)36-8-6-4-2)16(31)12(25)10-14(28)29/h11-12H,3-10,24-25H2,1-2H3,(H,26,27)(H,28,29)/t11-,12-,20?,21?/m0/s1. The summed E-state index contributed by atoms with van der Waals surface area (Å²) in [6.45, 7) is 2.08. The number of ketones is 3. The zero-order chi connectivity index (χ0) is 28.3. The second-order valence-corrected chi connectivity index (χ2v) is 7.76. The van der Waals surface area contributed by atoms with E-state index in [2.05, 4.69) is 9.47 Å². The lowest BCUT2D eigenvalue weighted by Gasteiger charge is -2.30. The summed E-state index contributed by atoms with van der Waals surface area (Å²) < 4.78 is 41.1.